The Morgan fingerprint density at radius 3 is 2.59 bits per heavy atom. The number of anilines is 3. The maximum atomic E-state index is 12.6. The van der Waals surface area contributed by atoms with E-state index in [2.05, 4.69) is 15.6 Å². The van der Waals surface area contributed by atoms with E-state index >= 15 is 0 Å². The summed E-state index contributed by atoms with van der Waals surface area (Å²) in [6.45, 7) is 0. The molecule has 1 saturated carbocycles. The lowest BCUT2D eigenvalue weighted by Gasteiger charge is -2.15. The molecule has 138 valence electrons. The molecule has 1 fully saturated rings. The largest absolute Gasteiger partial charge is 0.339 e. The lowest BCUT2D eigenvalue weighted by atomic mass is 10.1. The van der Waals surface area contributed by atoms with E-state index in [1.54, 1.807) is 6.07 Å². The molecule has 1 amide bonds. The van der Waals surface area contributed by atoms with Crippen LogP contribution >= 0.6 is 23.2 Å². The number of aromatic nitrogens is 1. The number of halogens is 2. The molecule has 27 heavy (non-hydrogen) atoms. The number of hydrogen-bond donors (Lipinski definition) is 2. The highest BCUT2D eigenvalue weighted by molar-refractivity contribution is 6.43. The summed E-state index contributed by atoms with van der Waals surface area (Å²) in [5.74, 6) is 0.769. The number of carbonyl (C=O) groups excluding carboxylic acids is 1. The Balaban J connectivity index is 1.69. The minimum atomic E-state index is 0.0793. The molecule has 6 heteroatoms. The first-order chi connectivity index (χ1) is 13.1. The number of carbonyl (C=O) groups is 1. The van der Waals surface area contributed by atoms with Crippen molar-refractivity contribution in [2.45, 2.75) is 25.7 Å². The summed E-state index contributed by atoms with van der Waals surface area (Å²) in [6.07, 6.45) is 4.15. The summed E-state index contributed by atoms with van der Waals surface area (Å²) in [5, 5.41) is 8.12. The molecular formula is C21H19Cl2N3O. The summed E-state index contributed by atoms with van der Waals surface area (Å²) in [4.78, 5) is 17.3. The van der Waals surface area contributed by atoms with Gasteiger partial charge in [0.25, 0.3) is 0 Å². The van der Waals surface area contributed by atoms with Gasteiger partial charge in [0.1, 0.15) is 5.82 Å². The van der Waals surface area contributed by atoms with E-state index in [0.717, 1.165) is 42.3 Å². The third-order valence-corrected chi connectivity index (χ3v) is 5.73. The third-order valence-electron chi connectivity index (χ3n) is 4.91. The monoisotopic (exact) mass is 399 g/mol. The predicted molar refractivity (Wildman–Crippen MR) is 112 cm³/mol. The van der Waals surface area contributed by atoms with Gasteiger partial charge in [-0.15, -0.1) is 0 Å². The van der Waals surface area contributed by atoms with Crippen molar-refractivity contribution in [1.82, 2.24) is 4.98 Å². The average molecular weight is 400 g/mol. The lowest BCUT2D eigenvalue weighted by molar-refractivity contribution is -0.119. The Kier molecular flexibility index (Phi) is 5.19. The third kappa shape index (κ3) is 3.87. The Hall–Kier alpha value is -2.30. The van der Waals surface area contributed by atoms with E-state index < -0.39 is 0 Å². The zero-order valence-electron chi connectivity index (χ0n) is 14.6. The molecule has 2 aromatic carbocycles. The number of benzene rings is 2. The minimum absolute atomic E-state index is 0.0793. The van der Waals surface area contributed by atoms with Crippen LogP contribution in [0, 0.1) is 5.92 Å². The van der Waals surface area contributed by atoms with Crippen molar-refractivity contribution in [2.24, 2.45) is 5.92 Å². The summed E-state index contributed by atoms with van der Waals surface area (Å²) in [7, 11) is 0. The molecule has 4 nitrogen and oxygen atoms in total. The highest BCUT2D eigenvalue weighted by atomic mass is 35.5. The van der Waals surface area contributed by atoms with Crippen LogP contribution in [0.2, 0.25) is 10.0 Å². The number of amides is 1. The fourth-order valence-corrected chi connectivity index (χ4v) is 3.85. The average Bonchev–Trinajstić information content (AvgIpc) is 3.20. The number of fused-ring (bicyclic) bond motifs is 1. The van der Waals surface area contributed by atoms with Crippen molar-refractivity contribution in [2.75, 3.05) is 10.6 Å². The summed E-state index contributed by atoms with van der Waals surface area (Å²) < 4.78 is 0. The quantitative estimate of drug-likeness (QED) is 0.532. The molecule has 3 aromatic rings. The maximum absolute atomic E-state index is 12.6. The molecule has 1 aliphatic rings. The molecule has 0 unspecified atom stereocenters. The number of para-hydroxylation sites is 1. The molecule has 0 bridgehead atoms. The molecule has 0 spiro atoms. The molecule has 1 aromatic heterocycles. The molecule has 0 saturated heterocycles. The molecule has 2 N–H and O–H groups in total. The van der Waals surface area contributed by atoms with Crippen LogP contribution in [0.1, 0.15) is 25.7 Å². The first kappa shape index (κ1) is 18.1. The Labute approximate surface area is 167 Å². The summed E-state index contributed by atoms with van der Waals surface area (Å²) >= 11 is 12.4. The fourth-order valence-electron chi connectivity index (χ4n) is 3.50. The van der Waals surface area contributed by atoms with Gasteiger partial charge in [0.05, 0.1) is 26.9 Å². The van der Waals surface area contributed by atoms with Crippen LogP contribution in [0.3, 0.4) is 0 Å². The van der Waals surface area contributed by atoms with Crippen LogP contribution in [-0.2, 0) is 4.79 Å². The van der Waals surface area contributed by atoms with Gasteiger partial charge in [-0.05, 0) is 31.0 Å². The zero-order valence-corrected chi connectivity index (χ0v) is 16.1. The van der Waals surface area contributed by atoms with E-state index in [9.17, 15) is 4.79 Å². The molecule has 0 radical (unpaired) electrons. The van der Waals surface area contributed by atoms with E-state index in [-0.39, 0.29) is 11.8 Å². The summed E-state index contributed by atoms with van der Waals surface area (Å²) in [5.41, 5.74) is 2.21. The van der Waals surface area contributed by atoms with Crippen LogP contribution in [-0.4, -0.2) is 10.9 Å². The predicted octanol–water partition coefficient (Wildman–Crippen LogP) is 6.41. The highest BCUT2D eigenvalue weighted by Gasteiger charge is 2.23. The number of nitrogens with zero attached hydrogens (tertiary/aromatic N) is 1. The van der Waals surface area contributed by atoms with Gasteiger partial charge < -0.3 is 10.6 Å². The Bertz CT molecular complexity index is 1000. The zero-order chi connectivity index (χ0) is 18.8. The van der Waals surface area contributed by atoms with Crippen LogP contribution in [0.4, 0.5) is 17.2 Å². The number of nitrogens with one attached hydrogen (secondary N) is 2. The van der Waals surface area contributed by atoms with Crippen molar-refractivity contribution in [3.63, 3.8) is 0 Å². The van der Waals surface area contributed by atoms with E-state index in [0.29, 0.717) is 21.6 Å². The normalized spacial score (nSPS) is 14.4. The number of pyridine rings is 1. The van der Waals surface area contributed by atoms with Crippen molar-refractivity contribution < 1.29 is 4.79 Å². The van der Waals surface area contributed by atoms with E-state index in [1.165, 1.54) is 0 Å². The van der Waals surface area contributed by atoms with Crippen molar-refractivity contribution in [3.8, 4) is 0 Å². The minimum Gasteiger partial charge on any atom is -0.339 e. The molecule has 1 heterocycles. The number of rotatable bonds is 4. The van der Waals surface area contributed by atoms with Gasteiger partial charge in [0.15, 0.2) is 0 Å². The standard InChI is InChI=1S/C21H19Cl2N3O/c22-15-9-5-11-17(20(15)23)25-19-12-18(14-8-3-4-10-16(14)24-19)26-21(27)13-6-1-2-7-13/h3-5,8-13H,1-2,6-7H2,(H2,24,25,26,27). The maximum Gasteiger partial charge on any atom is 0.227 e. The van der Waals surface area contributed by atoms with Gasteiger partial charge in [-0.1, -0.05) is 60.3 Å². The van der Waals surface area contributed by atoms with Crippen molar-refractivity contribution in [1.29, 1.82) is 0 Å². The second-order valence-corrected chi connectivity index (χ2v) is 7.55. The molecule has 1 aliphatic carbocycles. The fraction of sp³-hybridized carbons (Fsp3) is 0.238. The van der Waals surface area contributed by atoms with Gasteiger partial charge in [0.2, 0.25) is 5.91 Å². The molecular weight excluding hydrogens is 381 g/mol. The first-order valence-electron chi connectivity index (χ1n) is 9.03. The van der Waals surface area contributed by atoms with Gasteiger partial charge in [-0.2, -0.15) is 0 Å². The first-order valence-corrected chi connectivity index (χ1v) is 9.79. The lowest BCUT2D eigenvalue weighted by Crippen LogP contribution is -2.20. The van der Waals surface area contributed by atoms with Crippen LogP contribution in [0.15, 0.2) is 48.5 Å². The van der Waals surface area contributed by atoms with E-state index in [1.807, 2.05) is 42.5 Å². The Morgan fingerprint density at radius 1 is 1.00 bits per heavy atom. The second-order valence-electron chi connectivity index (χ2n) is 6.77. The molecule has 0 aliphatic heterocycles. The van der Waals surface area contributed by atoms with Gasteiger partial charge >= 0.3 is 0 Å². The SMILES string of the molecule is O=C(Nc1cc(Nc2cccc(Cl)c2Cl)nc2ccccc12)C1CCCC1. The van der Waals surface area contributed by atoms with Crippen molar-refractivity contribution in [3.05, 3.63) is 58.6 Å². The Morgan fingerprint density at radius 2 is 1.78 bits per heavy atom. The van der Waals surface area contributed by atoms with E-state index in [4.69, 9.17) is 23.2 Å². The second kappa shape index (κ2) is 7.75. The van der Waals surface area contributed by atoms with Crippen LogP contribution in [0.5, 0.6) is 0 Å². The topological polar surface area (TPSA) is 54.0 Å². The van der Waals surface area contributed by atoms with Gasteiger partial charge in [-0.3, -0.25) is 4.79 Å². The molecule has 4 rings (SSSR count). The van der Waals surface area contributed by atoms with Crippen LogP contribution < -0.4 is 10.6 Å². The van der Waals surface area contributed by atoms with Gasteiger partial charge in [0, 0.05) is 17.4 Å². The summed E-state index contributed by atoms with van der Waals surface area (Å²) in [6, 6.07) is 15.0. The van der Waals surface area contributed by atoms with Crippen molar-refractivity contribution >= 4 is 57.2 Å². The smallest absolute Gasteiger partial charge is 0.227 e. The number of hydrogen-bond acceptors (Lipinski definition) is 3. The highest BCUT2D eigenvalue weighted by Crippen LogP contribution is 2.34. The van der Waals surface area contributed by atoms with Crippen LogP contribution in [0.25, 0.3) is 10.9 Å². The molecule has 0 atom stereocenters. The van der Waals surface area contributed by atoms with Gasteiger partial charge in [-0.25, -0.2) is 4.98 Å².